The Morgan fingerprint density at radius 3 is 2.71 bits per heavy atom. The van der Waals surface area contributed by atoms with Crippen LogP contribution in [0.1, 0.15) is 25.0 Å². The second kappa shape index (κ2) is 8.05. The first-order valence-electron chi connectivity index (χ1n) is 7.27. The zero-order valence-corrected chi connectivity index (χ0v) is 13.7. The Hall–Kier alpha value is -1.52. The molecule has 0 aliphatic heterocycles. The summed E-state index contributed by atoms with van der Waals surface area (Å²) in [5.41, 5.74) is 2.59. The molecule has 0 spiro atoms. The molecular formula is C17H23NO2S. The average molecular weight is 305 g/mol. The molecule has 1 aromatic carbocycles. The smallest absolute Gasteiger partial charge is 0.161 e. The van der Waals surface area contributed by atoms with Crippen LogP contribution < -0.4 is 14.8 Å². The monoisotopic (exact) mass is 305 g/mol. The van der Waals surface area contributed by atoms with Gasteiger partial charge in [-0.3, -0.25) is 0 Å². The average Bonchev–Trinajstić information content (AvgIpc) is 2.99. The van der Waals surface area contributed by atoms with E-state index >= 15 is 0 Å². The van der Waals surface area contributed by atoms with Crippen LogP contribution in [0.5, 0.6) is 11.5 Å². The molecule has 1 aromatic heterocycles. The van der Waals surface area contributed by atoms with Crippen molar-refractivity contribution in [2.75, 3.05) is 13.7 Å². The highest BCUT2D eigenvalue weighted by atomic mass is 32.1. The van der Waals surface area contributed by atoms with Crippen molar-refractivity contribution in [2.45, 2.75) is 32.9 Å². The lowest BCUT2D eigenvalue weighted by atomic mass is 10.1. The van der Waals surface area contributed by atoms with Crippen LogP contribution >= 0.6 is 11.3 Å². The van der Waals surface area contributed by atoms with Crippen LogP contribution in [0.4, 0.5) is 0 Å². The summed E-state index contributed by atoms with van der Waals surface area (Å²) in [6, 6.07) is 8.72. The summed E-state index contributed by atoms with van der Waals surface area (Å²) in [6.45, 7) is 5.66. The predicted octanol–water partition coefficient (Wildman–Crippen LogP) is 3.88. The first-order chi connectivity index (χ1) is 10.2. The van der Waals surface area contributed by atoms with E-state index in [1.807, 2.05) is 19.1 Å². The van der Waals surface area contributed by atoms with Crippen molar-refractivity contribution in [3.8, 4) is 11.5 Å². The number of benzene rings is 1. The third-order valence-electron chi connectivity index (χ3n) is 3.30. The van der Waals surface area contributed by atoms with Crippen LogP contribution in [0.2, 0.25) is 0 Å². The molecule has 3 nitrogen and oxygen atoms in total. The Morgan fingerprint density at radius 2 is 2.05 bits per heavy atom. The second-order valence-electron chi connectivity index (χ2n) is 5.04. The van der Waals surface area contributed by atoms with E-state index in [0.717, 1.165) is 24.5 Å². The highest BCUT2D eigenvalue weighted by Gasteiger charge is 2.07. The highest BCUT2D eigenvalue weighted by molar-refractivity contribution is 7.07. The van der Waals surface area contributed by atoms with Crippen LogP contribution in [-0.4, -0.2) is 19.8 Å². The van der Waals surface area contributed by atoms with Crippen molar-refractivity contribution in [2.24, 2.45) is 0 Å². The normalized spacial score (nSPS) is 12.1. The number of rotatable bonds is 8. The SMILES string of the molecule is CCOc1ccc(CNC(C)Cc2ccsc2)cc1OC. The molecule has 1 N–H and O–H groups in total. The zero-order chi connectivity index (χ0) is 15.1. The summed E-state index contributed by atoms with van der Waals surface area (Å²) >= 11 is 1.75. The van der Waals surface area contributed by atoms with Gasteiger partial charge in [-0.2, -0.15) is 11.3 Å². The molecule has 2 aromatic rings. The van der Waals surface area contributed by atoms with Gasteiger partial charge in [0.25, 0.3) is 0 Å². The number of hydrogen-bond acceptors (Lipinski definition) is 4. The Labute approximate surface area is 130 Å². The molecule has 1 heterocycles. The largest absolute Gasteiger partial charge is 0.493 e. The molecule has 1 atom stereocenters. The van der Waals surface area contributed by atoms with E-state index in [-0.39, 0.29) is 0 Å². The molecule has 0 amide bonds. The van der Waals surface area contributed by atoms with Gasteiger partial charge in [0.2, 0.25) is 0 Å². The zero-order valence-electron chi connectivity index (χ0n) is 12.9. The lowest BCUT2D eigenvalue weighted by Crippen LogP contribution is -2.27. The maximum absolute atomic E-state index is 5.53. The highest BCUT2D eigenvalue weighted by Crippen LogP contribution is 2.28. The second-order valence-corrected chi connectivity index (χ2v) is 5.82. The Balaban J connectivity index is 1.90. The Kier molecular flexibility index (Phi) is 6.08. The Morgan fingerprint density at radius 1 is 1.19 bits per heavy atom. The molecule has 0 bridgehead atoms. The van der Waals surface area contributed by atoms with E-state index in [1.54, 1.807) is 18.4 Å². The van der Waals surface area contributed by atoms with E-state index in [1.165, 1.54) is 11.1 Å². The number of hydrogen-bond donors (Lipinski definition) is 1. The van der Waals surface area contributed by atoms with Gasteiger partial charge in [0.1, 0.15) is 0 Å². The molecule has 2 rings (SSSR count). The van der Waals surface area contributed by atoms with E-state index < -0.39 is 0 Å². The summed E-state index contributed by atoms with van der Waals surface area (Å²) in [5.74, 6) is 1.59. The van der Waals surface area contributed by atoms with Gasteiger partial charge in [-0.1, -0.05) is 6.07 Å². The topological polar surface area (TPSA) is 30.5 Å². The molecule has 0 aliphatic rings. The van der Waals surface area contributed by atoms with Crippen LogP contribution in [0, 0.1) is 0 Å². The third-order valence-corrected chi connectivity index (χ3v) is 4.04. The van der Waals surface area contributed by atoms with Gasteiger partial charge >= 0.3 is 0 Å². The maximum Gasteiger partial charge on any atom is 0.161 e. The fourth-order valence-corrected chi connectivity index (χ4v) is 2.90. The molecule has 0 aliphatic carbocycles. The number of methoxy groups -OCH3 is 1. The minimum absolute atomic E-state index is 0.442. The van der Waals surface area contributed by atoms with Gasteiger partial charge in [0, 0.05) is 12.6 Å². The molecule has 0 saturated heterocycles. The molecule has 0 fully saturated rings. The van der Waals surface area contributed by atoms with Gasteiger partial charge in [-0.25, -0.2) is 0 Å². The minimum atomic E-state index is 0.442. The molecule has 0 saturated carbocycles. The summed E-state index contributed by atoms with van der Waals surface area (Å²) in [7, 11) is 1.67. The first kappa shape index (κ1) is 15.9. The standard InChI is InChI=1S/C17H23NO2S/c1-4-20-16-6-5-14(10-17(16)19-3)11-18-13(2)9-15-7-8-21-12-15/h5-8,10,12-13,18H,4,9,11H2,1-3H3. The summed E-state index contributed by atoms with van der Waals surface area (Å²) in [6.07, 6.45) is 1.05. The van der Waals surface area contributed by atoms with E-state index in [2.05, 4.69) is 35.1 Å². The molecule has 21 heavy (non-hydrogen) atoms. The molecule has 0 radical (unpaired) electrons. The van der Waals surface area contributed by atoms with Gasteiger partial charge in [0.05, 0.1) is 13.7 Å². The van der Waals surface area contributed by atoms with Gasteiger partial charge in [-0.15, -0.1) is 0 Å². The molecule has 1 unspecified atom stereocenters. The number of ether oxygens (including phenoxy) is 2. The van der Waals surface area contributed by atoms with Crippen molar-refractivity contribution in [3.63, 3.8) is 0 Å². The maximum atomic E-state index is 5.53. The van der Waals surface area contributed by atoms with Crippen LogP contribution in [0.15, 0.2) is 35.0 Å². The third kappa shape index (κ3) is 4.76. The lowest BCUT2D eigenvalue weighted by molar-refractivity contribution is 0.310. The van der Waals surface area contributed by atoms with Crippen molar-refractivity contribution in [3.05, 3.63) is 46.2 Å². The van der Waals surface area contributed by atoms with Gasteiger partial charge in [0.15, 0.2) is 11.5 Å². The van der Waals surface area contributed by atoms with E-state index in [4.69, 9.17) is 9.47 Å². The van der Waals surface area contributed by atoms with Crippen LogP contribution in [0.3, 0.4) is 0 Å². The summed E-state index contributed by atoms with van der Waals surface area (Å²) in [5, 5.41) is 7.88. The molecular weight excluding hydrogens is 282 g/mol. The van der Waals surface area contributed by atoms with E-state index in [9.17, 15) is 0 Å². The Bertz CT molecular complexity index is 540. The molecule has 114 valence electrons. The summed E-state index contributed by atoms with van der Waals surface area (Å²) < 4.78 is 10.9. The van der Waals surface area contributed by atoms with Crippen LogP contribution in [-0.2, 0) is 13.0 Å². The fraction of sp³-hybridized carbons (Fsp3) is 0.412. The lowest BCUT2D eigenvalue weighted by Gasteiger charge is -2.15. The summed E-state index contributed by atoms with van der Waals surface area (Å²) in [4.78, 5) is 0. The van der Waals surface area contributed by atoms with Crippen molar-refractivity contribution >= 4 is 11.3 Å². The van der Waals surface area contributed by atoms with Gasteiger partial charge in [-0.05, 0) is 60.4 Å². The number of thiophene rings is 1. The number of nitrogens with one attached hydrogen (secondary N) is 1. The van der Waals surface area contributed by atoms with Gasteiger partial charge < -0.3 is 14.8 Å². The van der Waals surface area contributed by atoms with Crippen molar-refractivity contribution in [1.29, 1.82) is 0 Å². The quantitative estimate of drug-likeness (QED) is 0.803. The van der Waals surface area contributed by atoms with Crippen LogP contribution in [0.25, 0.3) is 0 Å². The van der Waals surface area contributed by atoms with E-state index in [0.29, 0.717) is 12.6 Å². The fourth-order valence-electron chi connectivity index (χ4n) is 2.22. The van der Waals surface area contributed by atoms with Crippen molar-refractivity contribution in [1.82, 2.24) is 5.32 Å². The first-order valence-corrected chi connectivity index (χ1v) is 8.21. The minimum Gasteiger partial charge on any atom is -0.493 e. The molecule has 4 heteroatoms. The van der Waals surface area contributed by atoms with Crippen molar-refractivity contribution < 1.29 is 9.47 Å². The predicted molar refractivity (Wildman–Crippen MR) is 88.5 cm³/mol.